The molecule has 1 unspecified atom stereocenters. The Balaban J connectivity index is 4.11. The first-order chi connectivity index (χ1) is 15.7. The van der Waals surface area contributed by atoms with Gasteiger partial charge in [-0.25, -0.2) is 0 Å². The van der Waals surface area contributed by atoms with Crippen molar-refractivity contribution in [2.75, 3.05) is 45.1 Å². The molecule has 0 aliphatic heterocycles. The van der Waals surface area contributed by atoms with E-state index in [1.165, 1.54) is 0 Å². The van der Waals surface area contributed by atoms with Gasteiger partial charge >= 0.3 is 17.1 Å². The molecule has 203 valence electrons. The topological polar surface area (TPSA) is 55.4 Å². The summed E-state index contributed by atoms with van der Waals surface area (Å²) in [5.41, 5.74) is 0. The van der Waals surface area contributed by atoms with Crippen LogP contribution in [0.15, 0.2) is 0 Å². The molecule has 0 N–H and O–H groups in total. The molecular formula is C22H55O6Si6. The summed E-state index contributed by atoms with van der Waals surface area (Å²) in [5, 5.41) is 0. The van der Waals surface area contributed by atoms with Crippen LogP contribution in [-0.2, 0) is 26.9 Å². The third-order valence-electron chi connectivity index (χ3n) is 4.73. The first kappa shape index (κ1) is 35.1. The summed E-state index contributed by atoms with van der Waals surface area (Å²) in [4.78, 5) is 0. The van der Waals surface area contributed by atoms with Crippen molar-refractivity contribution in [2.24, 2.45) is 0 Å². The highest BCUT2D eigenvalue weighted by molar-refractivity contribution is 6.82. The monoisotopic (exact) mass is 583 g/mol. The van der Waals surface area contributed by atoms with Gasteiger partial charge < -0.3 is 26.9 Å². The molecule has 0 aliphatic carbocycles. The van der Waals surface area contributed by atoms with Crippen LogP contribution >= 0.6 is 0 Å². The van der Waals surface area contributed by atoms with Gasteiger partial charge in [-0.2, -0.15) is 0 Å². The zero-order chi connectivity index (χ0) is 26.3. The molecule has 34 heavy (non-hydrogen) atoms. The fourth-order valence-corrected chi connectivity index (χ4v) is 18.2. The predicted molar refractivity (Wildman–Crippen MR) is 158 cm³/mol. The van der Waals surface area contributed by atoms with E-state index in [0.717, 1.165) is 56.8 Å². The second-order valence-electron chi connectivity index (χ2n) is 11.4. The maximum absolute atomic E-state index is 6.51. The second-order valence-corrected chi connectivity index (χ2v) is 31.0. The van der Waals surface area contributed by atoms with E-state index < -0.39 is 51.8 Å². The van der Waals surface area contributed by atoms with E-state index in [4.69, 9.17) is 26.9 Å². The molecule has 1 atom stereocenters. The van der Waals surface area contributed by atoms with Gasteiger partial charge in [0.15, 0.2) is 8.32 Å². The van der Waals surface area contributed by atoms with Crippen LogP contribution in [-0.4, -0.2) is 96.9 Å². The van der Waals surface area contributed by atoms with Gasteiger partial charge in [-0.3, -0.25) is 0 Å². The van der Waals surface area contributed by atoms with Crippen LogP contribution in [0.3, 0.4) is 0 Å². The molecule has 0 aromatic heterocycles. The van der Waals surface area contributed by atoms with Crippen LogP contribution in [0.25, 0.3) is 0 Å². The van der Waals surface area contributed by atoms with E-state index >= 15 is 0 Å². The van der Waals surface area contributed by atoms with Gasteiger partial charge in [-0.05, 0) is 57.7 Å². The molecule has 0 fully saturated rings. The number of ether oxygens (including phenoxy) is 2. The Kier molecular flexibility index (Phi) is 18.9. The largest absolute Gasteiger partial charge is 0.436 e. The van der Waals surface area contributed by atoms with Crippen LogP contribution in [0.2, 0.25) is 84.1 Å². The van der Waals surface area contributed by atoms with Crippen molar-refractivity contribution in [1.29, 1.82) is 0 Å². The maximum Gasteiger partial charge on any atom is 0.334 e. The van der Waals surface area contributed by atoms with Gasteiger partial charge in [0.2, 0.25) is 0 Å². The zero-order valence-electron chi connectivity index (χ0n) is 24.2. The number of rotatable bonds is 22. The van der Waals surface area contributed by atoms with Crippen molar-refractivity contribution >= 4 is 51.8 Å². The molecule has 6 nitrogen and oxygen atoms in total. The summed E-state index contributed by atoms with van der Waals surface area (Å²) >= 11 is 0. The Bertz CT molecular complexity index is 495. The molecule has 12 heteroatoms. The highest BCUT2D eigenvalue weighted by atomic mass is 28.4. The maximum atomic E-state index is 6.51. The zero-order valence-corrected chi connectivity index (χ0v) is 30.2. The molecule has 0 aromatic rings. The first-order valence-electron chi connectivity index (χ1n) is 12.8. The SMILES string of the molecule is C[Si](C)CO[Si](C)(CCCOCCOCCC[Si](C)(OC[Si](C)C)O[Si](C)(C)C)OC[Si](C)C. The van der Waals surface area contributed by atoms with Crippen LogP contribution in [0.1, 0.15) is 12.8 Å². The van der Waals surface area contributed by atoms with Gasteiger partial charge in [0.05, 0.1) is 39.6 Å². The highest BCUT2D eigenvalue weighted by Crippen LogP contribution is 2.22. The number of hydrogen-bond donors (Lipinski definition) is 0. The van der Waals surface area contributed by atoms with Crippen LogP contribution in [0.5, 0.6) is 0 Å². The minimum atomic E-state index is -2.12. The lowest BCUT2D eigenvalue weighted by molar-refractivity contribution is 0.0469. The molecule has 3 radical (unpaired) electrons. The summed E-state index contributed by atoms with van der Waals surface area (Å²) in [6, 6.07) is 1.99. The van der Waals surface area contributed by atoms with E-state index in [2.05, 4.69) is 72.0 Å². The lowest BCUT2D eigenvalue weighted by atomic mass is 10.5. The second kappa shape index (κ2) is 18.3. The standard InChI is InChI=1S/C22H55O6Si6/c1-29(2)20-25-33(10,26-21-30(3)4)18-12-14-23-16-17-24-15-13-19-34(11,27-22-31(5)6)28-32(7,8)9/h12-22H2,1-11H3. The predicted octanol–water partition coefficient (Wildman–Crippen LogP) is 5.73. The van der Waals surface area contributed by atoms with Gasteiger partial charge in [0.25, 0.3) is 0 Å². The van der Waals surface area contributed by atoms with Crippen molar-refractivity contribution in [3.05, 3.63) is 0 Å². The molecule has 0 bridgehead atoms. The molecule has 0 aromatic carbocycles. The van der Waals surface area contributed by atoms with Crippen LogP contribution in [0.4, 0.5) is 0 Å². The fourth-order valence-electron chi connectivity index (χ4n) is 3.19. The molecule has 0 aliphatic rings. The third kappa shape index (κ3) is 21.2. The van der Waals surface area contributed by atoms with Crippen molar-refractivity contribution in [3.8, 4) is 0 Å². The van der Waals surface area contributed by atoms with Crippen molar-refractivity contribution < 1.29 is 26.9 Å². The third-order valence-corrected chi connectivity index (χ3v) is 16.7. The minimum absolute atomic E-state index is 0.397. The normalized spacial score (nSPS) is 15.0. The minimum Gasteiger partial charge on any atom is -0.436 e. The average Bonchev–Trinajstić information content (AvgIpc) is 2.70. The molecule has 0 heterocycles. The fraction of sp³-hybridized carbons (Fsp3) is 1.00. The van der Waals surface area contributed by atoms with Gasteiger partial charge in [-0.1, -0.05) is 39.3 Å². The summed E-state index contributed by atoms with van der Waals surface area (Å²) in [6.07, 6.45) is 4.61. The number of hydrogen-bond acceptors (Lipinski definition) is 6. The highest BCUT2D eigenvalue weighted by Gasteiger charge is 2.36. The molecule has 0 amide bonds. The van der Waals surface area contributed by atoms with E-state index in [1.807, 2.05) is 0 Å². The quantitative estimate of drug-likeness (QED) is 0.120. The molecule has 0 spiro atoms. The summed E-state index contributed by atoms with van der Waals surface area (Å²) < 4.78 is 37.1. The molecule has 0 rings (SSSR count). The smallest absolute Gasteiger partial charge is 0.334 e. The Morgan fingerprint density at radius 3 is 1.21 bits per heavy atom. The Labute approximate surface area is 220 Å². The van der Waals surface area contributed by atoms with Gasteiger partial charge in [0.1, 0.15) is 0 Å². The average molecular weight is 584 g/mol. The summed E-state index contributed by atoms with van der Waals surface area (Å²) in [7, 11) is -7.03. The molecule has 0 saturated carbocycles. The Morgan fingerprint density at radius 1 is 0.500 bits per heavy atom. The Hall–Kier alpha value is 1.06. The van der Waals surface area contributed by atoms with Crippen molar-refractivity contribution in [3.63, 3.8) is 0 Å². The van der Waals surface area contributed by atoms with Crippen molar-refractivity contribution in [1.82, 2.24) is 0 Å². The van der Waals surface area contributed by atoms with E-state index in [0.29, 0.717) is 13.2 Å². The van der Waals surface area contributed by atoms with E-state index in [1.54, 1.807) is 0 Å². The van der Waals surface area contributed by atoms with Gasteiger partial charge in [-0.15, -0.1) is 0 Å². The van der Waals surface area contributed by atoms with Gasteiger partial charge in [0, 0.05) is 31.9 Å². The molecule has 0 saturated heterocycles. The first-order valence-corrected chi connectivity index (χ1v) is 29.4. The van der Waals surface area contributed by atoms with Crippen molar-refractivity contribution in [2.45, 2.75) is 96.9 Å². The Morgan fingerprint density at radius 2 is 0.853 bits per heavy atom. The van der Waals surface area contributed by atoms with E-state index in [9.17, 15) is 0 Å². The lowest BCUT2D eigenvalue weighted by Crippen LogP contribution is -2.48. The summed E-state index contributed by atoms with van der Waals surface area (Å²) in [6.45, 7) is 27.7. The lowest BCUT2D eigenvalue weighted by Gasteiger charge is -2.34. The molecular weight excluding hydrogens is 529 g/mol. The van der Waals surface area contributed by atoms with Crippen LogP contribution in [0, 0.1) is 0 Å². The van der Waals surface area contributed by atoms with E-state index in [-0.39, 0.29) is 0 Å². The summed E-state index contributed by atoms with van der Waals surface area (Å²) in [5.74, 6) is 0. The van der Waals surface area contributed by atoms with Crippen LogP contribution < -0.4 is 0 Å².